The molecular formula is C27H41N9O7. The number of hydrogen-bond donors (Lipinski definition) is 10. The highest BCUT2D eigenvalue weighted by Gasteiger charge is 2.31. The Morgan fingerprint density at radius 3 is 2.14 bits per heavy atom. The van der Waals surface area contributed by atoms with E-state index in [1.165, 1.54) is 0 Å². The van der Waals surface area contributed by atoms with E-state index in [-0.39, 0.29) is 38.2 Å². The summed E-state index contributed by atoms with van der Waals surface area (Å²) >= 11 is 0. The predicted octanol–water partition coefficient (Wildman–Crippen LogP) is -1.77. The van der Waals surface area contributed by atoms with Gasteiger partial charge in [-0.25, -0.2) is 4.79 Å². The average molecular weight is 604 g/mol. The molecule has 1 aromatic heterocycles. The summed E-state index contributed by atoms with van der Waals surface area (Å²) in [5.74, 6) is -5.05. The zero-order chi connectivity index (χ0) is 31.9. The molecule has 0 aliphatic rings. The van der Waals surface area contributed by atoms with Crippen LogP contribution in [0.1, 0.15) is 44.1 Å². The Labute approximate surface area is 248 Å². The molecule has 0 spiro atoms. The molecular weight excluding hydrogens is 562 g/mol. The second kappa shape index (κ2) is 17.3. The number of guanidine groups is 1. The number of H-pyrrole nitrogens is 1. The second-order valence-corrected chi connectivity index (χ2v) is 10.0. The molecule has 0 aliphatic carbocycles. The fourth-order valence-corrected chi connectivity index (χ4v) is 4.36. The van der Waals surface area contributed by atoms with Crippen molar-refractivity contribution >= 4 is 46.5 Å². The highest BCUT2D eigenvalue weighted by atomic mass is 16.4. The number of nitrogens with one attached hydrogen (secondary N) is 4. The van der Waals surface area contributed by atoms with E-state index < -0.39 is 60.2 Å². The number of hydrogen-bond acceptors (Lipinski definition) is 8. The molecule has 0 saturated carbocycles. The first-order valence-electron chi connectivity index (χ1n) is 13.8. The van der Waals surface area contributed by atoms with E-state index in [1.54, 1.807) is 6.20 Å². The number of rotatable bonds is 19. The van der Waals surface area contributed by atoms with E-state index in [1.807, 2.05) is 24.3 Å². The van der Waals surface area contributed by atoms with Crippen molar-refractivity contribution in [2.75, 3.05) is 13.1 Å². The Kier molecular flexibility index (Phi) is 13.9. The minimum absolute atomic E-state index is 0.0128. The summed E-state index contributed by atoms with van der Waals surface area (Å²) in [5.41, 5.74) is 23.4. The van der Waals surface area contributed by atoms with Gasteiger partial charge in [-0.3, -0.25) is 24.2 Å². The van der Waals surface area contributed by atoms with Crippen LogP contribution in [0.15, 0.2) is 35.5 Å². The Morgan fingerprint density at radius 1 is 0.860 bits per heavy atom. The molecule has 0 aliphatic heterocycles. The number of aromatic amines is 1. The van der Waals surface area contributed by atoms with E-state index in [0.29, 0.717) is 24.9 Å². The summed E-state index contributed by atoms with van der Waals surface area (Å²) in [6, 6.07) is 2.21. The Hall–Kier alpha value is -4.70. The summed E-state index contributed by atoms with van der Waals surface area (Å²) in [5, 5.41) is 27.0. The van der Waals surface area contributed by atoms with Crippen LogP contribution in [-0.2, 0) is 30.4 Å². The molecule has 3 amide bonds. The lowest BCUT2D eigenvalue weighted by molar-refractivity contribution is -0.142. The van der Waals surface area contributed by atoms with E-state index in [0.717, 1.165) is 10.9 Å². The molecule has 0 fully saturated rings. The van der Waals surface area contributed by atoms with Crippen molar-refractivity contribution in [3.63, 3.8) is 0 Å². The summed E-state index contributed by atoms with van der Waals surface area (Å²) in [6.07, 6.45) is 2.44. The van der Waals surface area contributed by atoms with E-state index in [2.05, 4.69) is 25.9 Å². The summed E-state index contributed by atoms with van der Waals surface area (Å²) < 4.78 is 0. The van der Waals surface area contributed by atoms with Crippen molar-refractivity contribution in [2.45, 2.75) is 69.1 Å². The molecule has 16 nitrogen and oxygen atoms in total. The lowest BCUT2D eigenvalue weighted by Gasteiger charge is -2.25. The van der Waals surface area contributed by atoms with Crippen LogP contribution in [0.2, 0.25) is 0 Å². The zero-order valence-electron chi connectivity index (χ0n) is 23.8. The van der Waals surface area contributed by atoms with Gasteiger partial charge in [-0.15, -0.1) is 0 Å². The molecule has 1 heterocycles. The van der Waals surface area contributed by atoms with E-state index in [4.69, 9.17) is 28.0 Å². The minimum Gasteiger partial charge on any atom is -0.481 e. The summed E-state index contributed by atoms with van der Waals surface area (Å²) in [4.78, 5) is 69.3. The van der Waals surface area contributed by atoms with Gasteiger partial charge in [-0.1, -0.05) is 18.2 Å². The second-order valence-electron chi connectivity index (χ2n) is 10.0. The van der Waals surface area contributed by atoms with Gasteiger partial charge in [0.1, 0.15) is 18.1 Å². The number of amides is 3. The molecule has 43 heavy (non-hydrogen) atoms. The number of fused-ring (bicyclic) bond motifs is 1. The Bertz CT molecular complexity index is 1290. The zero-order valence-corrected chi connectivity index (χ0v) is 23.8. The lowest BCUT2D eigenvalue weighted by atomic mass is 10.0. The third-order valence-electron chi connectivity index (χ3n) is 6.60. The largest absolute Gasteiger partial charge is 0.481 e. The third kappa shape index (κ3) is 11.6. The van der Waals surface area contributed by atoms with Gasteiger partial charge < -0.3 is 54.1 Å². The quantitative estimate of drug-likeness (QED) is 0.0487. The first-order valence-corrected chi connectivity index (χ1v) is 13.8. The van der Waals surface area contributed by atoms with Crippen LogP contribution in [-0.4, -0.2) is 88.1 Å². The molecule has 2 rings (SSSR count). The number of aliphatic imine (C=N–C) groups is 1. The van der Waals surface area contributed by atoms with Gasteiger partial charge in [0.2, 0.25) is 17.7 Å². The normalized spacial score (nSPS) is 13.7. The van der Waals surface area contributed by atoms with Crippen molar-refractivity contribution in [1.29, 1.82) is 0 Å². The molecule has 4 unspecified atom stereocenters. The molecule has 0 saturated heterocycles. The summed E-state index contributed by atoms with van der Waals surface area (Å²) in [7, 11) is 0. The van der Waals surface area contributed by atoms with Gasteiger partial charge in [-0.2, -0.15) is 0 Å². The SMILES string of the molecule is NCCCCC(NC(=O)C(Cc1c[nH]c2ccccc12)NC(=O)C(N)CC(=O)O)C(=O)NC(CCCN=C(N)N)C(=O)O. The predicted molar refractivity (Wildman–Crippen MR) is 158 cm³/mol. The first kappa shape index (κ1) is 34.5. The maximum atomic E-state index is 13.6. The van der Waals surface area contributed by atoms with Crippen molar-refractivity contribution < 1.29 is 34.2 Å². The van der Waals surface area contributed by atoms with Gasteiger partial charge in [0.25, 0.3) is 0 Å². The topological polar surface area (TPSA) is 294 Å². The number of nitrogens with two attached hydrogens (primary N) is 4. The molecule has 1 aromatic carbocycles. The maximum absolute atomic E-state index is 13.6. The Morgan fingerprint density at radius 2 is 1.49 bits per heavy atom. The molecule has 14 N–H and O–H groups in total. The van der Waals surface area contributed by atoms with E-state index in [9.17, 15) is 29.1 Å². The molecule has 2 aromatic rings. The van der Waals surface area contributed by atoms with Crippen molar-refractivity contribution in [3.05, 3.63) is 36.0 Å². The molecule has 0 bridgehead atoms. The highest BCUT2D eigenvalue weighted by molar-refractivity contribution is 5.95. The fourth-order valence-electron chi connectivity index (χ4n) is 4.36. The highest BCUT2D eigenvalue weighted by Crippen LogP contribution is 2.19. The van der Waals surface area contributed by atoms with Crippen LogP contribution in [0, 0.1) is 0 Å². The molecule has 0 radical (unpaired) electrons. The third-order valence-corrected chi connectivity index (χ3v) is 6.60. The smallest absolute Gasteiger partial charge is 0.326 e. The van der Waals surface area contributed by atoms with Crippen molar-refractivity contribution in [3.8, 4) is 0 Å². The standard InChI is InChI=1S/C27H41N9O7/c28-10-4-3-8-19(24(40)35-20(26(42)43)9-5-11-32-27(30)31)34-25(41)21(36-23(39)17(29)13-22(37)38)12-15-14-33-18-7-2-1-6-16(15)18/h1-2,6-7,14,17,19-21,33H,3-5,8-13,28-29H2,(H,34,41)(H,35,40)(H,36,39)(H,37,38)(H,42,43)(H4,30,31,32). The van der Waals surface area contributed by atoms with Gasteiger partial charge in [-0.05, 0) is 50.3 Å². The number of carbonyl (C=O) groups is 5. The first-order chi connectivity index (χ1) is 20.4. The number of nitrogens with zero attached hydrogens (tertiary/aromatic N) is 1. The maximum Gasteiger partial charge on any atom is 0.326 e. The van der Waals surface area contributed by atoms with Crippen molar-refractivity contribution in [1.82, 2.24) is 20.9 Å². The molecule has 236 valence electrons. The minimum atomic E-state index is -1.42. The van der Waals surface area contributed by atoms with Gasteiger partial charge >= 0.3 is 11.9 Å². The Balaban J connectivity index is 2.26. The lowest BCUT2D eigenvalue weighted by Crippen LogP contribution is -2.57. The molecule has 4 atom stereocenters. The monoisotopic (exact) mass is 603 g/mol. The van der Waals surface area contributed by atoms with Crippen LogP contribution in [0.25, 0.3) is 10.9 Å². The van der Waals surface area contributed by atoms with Crippen LogP contribution >= 0.6 is 0 Å². The van der Waals surface area contributed by atoms with Gasteiger partial charge in [0.15, 0.2) is 5.96 Å². The average Bonchev–Trinajstić information content (AvgIpc) is 3.35. The number of para-hydroxylation sites is 1. The van der Waals surface area contributed by atoms with E-state index >= 15 is 0 Å². The fraction of sp³-hybridized carbons (Fsp3) is 0.481. The van der Waals surface area contributed by atoms with Crippen molar-refractivity contribution in [2.24, 2.45) is 27.9 Å². The number of carboxylic acid groups (broad SMARTS) is 2. The van der Waals surface area contributed by atoms with Gasteiger partial charge in [0.05, 0.1) is 12.5 Å². The number of carboxylic acids is 2. The number of carbonyl (C=O) groups excluding carboxylic acids is 3. The van der Waals surface area contributed by atoms with Crippen LogP contribution < -0.4 is 38.9 Å². The molecule has 16 heteroatoms. The number of aromatic nitrogens is 1. The number of aliphatic carboxylic acids is 2. The number of benzene rings is 1. The van der Waals surface area contributed by atoms with Crippen LogP contribution in [0.4, 0.5) is 0 Å². The number of unbranched alkanes of at least 4 members (excludes halogenated alkanes) is 1. The van der Waals surface area contributed by atoms with Crippen LogP contribution in [0.5, 0.6) is 0 Å². The van der Waals surface area contributed by atoms with Gasteiger partial charge in [0, 0.05) is 30.1 Å². The van der Waals surface area contributed by atoms with Crippen LogP contribution in [0.3, 0.4) is 0 Å². The summed E-state index contributed by atoms with van der Waals surface area (Å²) in [6.45, 7) is 0.503.